The summed E-state index contributed by atoms with van der Waals surface area (Å²) in [5.41, 5.74) is -0.535. The molecule has 0 saturated heterocycles. The third-order valence-corrected chi connectivity index (χ3v) is 4.04. The van der Waals surface area contributed by atoms with Crippen molar-refractivity contribution in [1.29, 1.82) is 0 Å². The summed E-state index contributed by atoms with van der Waals surface area (Å²) in [6.07, 6.45) is 3.67. The van der Waals surface area contributed by atoms with E-state index < -0.39 is 11.4 Å². The first-order valence-corrected chi connectivity index (χ1v) is 6.34. The fraction of sp³-hybridized carbons (Fsp3) is 0.417. The second-order valence-electron chi connectivity index (χ2n) is 4.37. The Morgan fingerprint density at radius 1 is 1.44 bits per heavy atom. The lowest BCUT2D eigenvalue weighted by molar-refractivity contribution is 0.168. The van der Waals surface area contributed by atoms with E-state index in [1.54, 1.807) is 6.08 Å². The van der Waals surface area contributed by atoms with Crippen molar-refractivity contribution in [3.05, 3.63) is 21.9 Å². The summed E-state index contributed by atoms with van der Waals surface area (Å²) >= 11 is 3.15. The normalized spacial score (nSPS) is 19.0. The molecule has 3 rings (SSSR count). The Morgan fingerprint density at radius 3 is 2.83 bits per heavy atom. The lowest BCUT2D eigenvalue weighted by atomic mass is 9.71. The zero-order chi connectivity index (χ0) is 12.8. The van der Waals surface area contributed by atoms with E-state index in [-0.39, 0.29) is 11.3 Å². The number of carbonyl (C=O) groups excluding carboxylic acids is 1. The molecule has 0 atom stereocenters. The molecule has 1 saturated carbocycles. The zero-order valence-corrected chi connectivity index (χ0v) is 10.9. The van der Waals surface area contributed by atoms with E-state index in [9.17, 15) is 9.18 Å². The molecule has 1 aromatic carbocycles. The van der Waals surface area contributed by atoms with Crippen LogP contribution in [0.15, 0.2) is 15.5 Å². The molecule has 1 aliphatic heterocycles. The van der Waals surface area contributed by atoms with Gasteiger partial charge in [0.15, 0.2) is 11.5 Å². The summed E-state index contributed by atoms with van der Waals surface area (Å²) in [6, 6.07) is 1.53. The first kappa shape index (κ1) is 11.7. The topological polar surface area (TPSA) is 47.9 Å². The van der Waals surface area contributed by atoms with Crippen molar-refractivity contribution in [1.82, 2.24) is 0 Å². The smallest absolute Gasteiger partial charge is 0.235 e. The molecule has 0 amide bonds. The number of hydrogen-bond acceptors (Lipinski definition) is 4. The van der Waals surface area contributed by atoms with Gasteiger partial charge >= 0.3 is 0 Å². The number of ether oxygens (including phenoxy) is 2. The molecular formula is C12H9BrFNO3. The van der Waals surface area contributed by atoms with Crippen molar-refractivity contribution >= 4 is 22.0 Å². The van der Waals surface area contributed by atoms with Crippen LogP contribution in [0.3, 0.4) is 0 Å². The molecule has 18 heavy (non-hydrogen) atoms. The van der Waals surface area contributed by atoms with Crippen LogP contribution in [0, 0.1) is 5.82 Å². The molecule has 94 valence electrons. The molecule has 6 heteroatoms. The quantitative estimate of drug-likeness (QED) is 0.623. The van der Waals surface area contributed by atoms with Gasteiger partial charge in [-0.25, -0.2) is 9.18 Å². The highest BCUT2D eigenvalue weighted by Crippen LogP contribution is 2.53. The van der Waals surface area contributed by atoms with Gasteiger partial charge in [0, 0.05) is 6.07 Å². The SMILES string of the molecule is O=C=NC1(c2c(F)c(Br)cc3c2OCO3)CCC1. The third-order valence-electron chi connectivity index (χ3n) is 3.46. The molecule has 0 spiro atoms. The number of isocyanates is 1. The van der Waals surface area contributed by atoms with Gasteiger partial charge in [-0.1, -0.05) is 0 Å². The van der Waals surface area contributed by atoms with Crippen molar-refractivity contribution in [3.63, 3.8) is 0 Å². The van der Waals surface area contributed by atoms with Crippen molar-refractivity contribution in [2.24, 2.45) is 4.99 Å². The number of rotatable bonds is 2. The van der Waals surface area contributed by atoms with Crippen molar-refractivity contribution < 1.29 is 18.7 Å². The third kappa shape index (κ3) is 1.49. The molecule has 1 fully saturated rings. The summed E-state index contributed by atoms with van der Waals surface area (Å²) in [5, 5.41) is 0. The molecule has 1 aliphatic carbocycles. The predicted molar refractivity (Wildman–Crippen MR) is 63.9 cm³/mol. The number of nitrogens with zero attached hydrogens (tertiary/aromatic N) is 1. The zero-order valence-electron chi connectivity index (χ0n) is 9.33. The van der Waals surface area contributed by atoms with Crippen LogP contribution in [0.2, 0.25) is 0 Å². The molecule has 0 unspecified atom stereocenters. The molecular weight excluding hydrogens is 305 g/mol. The molecule has 1 heterocycles. The van der Waals surface area contributed by atoms with Crippen LogP contribution >= 0.6 is 15.9 Å². The fourth-order valence-electron chi connectivity index (χ4n) is 2.42. The van der Waals surface area contributed by atoms with E-state index in [2.05, 4.69) is 20.9 Å². The molecule has 0 aromatic heterocycles. The van der Waals surface area contributed by atoms with Crippen molar-refractivity contribution in [2.75, 3.05) is 6.79 Å². The van der Waals surface area contributed by atoms with Crippen LogP contribution < -0.4 is 9.47 Å². The van der Waals surface area contributed by atoms with Gasteiger partial charge in [0.2, 0.25) is 12.9 Å². The lowest BCUT2D eigenvalue weighted by Crippen LogP contribution is -2.33. The van der Waals surface area contributed by atoms with Crippen molar-refractivity contribution in [3.8, 4) is 11.5 Å². The Balaban J connectivity index is 2.25. The monoisotopic (exact) mass is 313 g/mol. The summed E-state index contributed by atoms with van der Waals surface area (Å²) in [6.45, 7) is 0.0547. The molecule has 0 bridgehead atoms. The highest BCUT2D eigenvalue weighted by molar-refractivity contribution is 9.10. The van der Waals surface area contributed by atoms with Gasteiger partial charge in [-0.3, -0.25) is 0 Å². The Labute approximate surface area is 111 Å². The number of benzene rings is 1. The molecule has 0 radical (unpaired) electrons. The van der Waals surface area contributed by atoms with Gasteiger partial charge in [-0.05, 0) is 35.2 Å². The Kier molecular flexibility index (Phi) is 2.64. The molecule has 1 aromatic rings. The maximum absolute atomic E-state index is 14.3. The minimum atomic E-state index is -0.840. The van der Waals surface area contributed by atoms with Gasteiger partial charge in [0.25, 0.3) is 0 Å². The first-order valence-electron chi connectivity index (χ1n) is 5.55. The average molecular weight is 314 g/mol. The largest absolute Gasteiger partial charge is 0.454 e. The highest BCUT2D eigenvalue weighted by atomic mass is 79.9. The standard InChI is InChI=1S/C12H9BrFNO3/c13-7-4-8-11(18-6-17-8)9(10(7)14)12(15-5-16)2-1-3-12/h4H,1-3,6H2. The minimum absolute atomic E-state index is 0.0547. The Bertz CT molecular complexity index is 565. The van der Waals surface area contributed by atoms with E-state index in [1.807, 2.05) is 0 Å². The van der Waals surface area contributed by atoms with Crippen LogP contribution in [-0.2, 0) is 10.3 Å². The summed E-state index contributed by atoms with van der Waals surface area (Å²) in [4.78, 5) is 14.4. The van der Waals surface area contributed by atoms with Gasteiger partial charge in [0.1, 0.15) is 11.4 Å². The first-order chi connectivity index (χ1) is 8.68. The number of aliphatic imine (C=N–C) groups is 1. The van der Waals surface area contributed by atoms with Gasteiger partial charge < -0.3 is 9.47 Å². The van der Waals surface area contributed by atoms with E-state index in [0.29, 0.717) is 29.9 Å². The van der Waals surface area contributed by atoms with Gasteiger partial charge in [-0.15, -0.1) is 0 Å². The number of halogens is 2. The summed E-state index contributed by atoms with van der Waals surface area (Å²) < 4.78 is 25.2. The minimum Gasteiger partial charge on any atom is -0.454 e. The lowest BCUT2D eigenvalue weighted by Gasteiger charge is -2.37. The summed E-state index contributed by atoms with van der Waals surface area (Å²) in [7, 11) is 0. The Hall–Kier alpha value is -1.39. The van der Waals surface area contributed by atoms with E-state index in [0.717, 1.165) is 6.42 Å². The highest BCUT2D eigenvalue weighted by Gasteiger charge is 2.45. The van der Waals surface area contributed by atoms with E-state index in [4.69, 9.17) is 9.47 Å². The van der Waals surface area contributed by atoms with Gasteiger partial charge in [0.05, 0.1) is 10.0 Å². The summed E-state index contributed by atoms with van der Waals surface area (Å²) in [5.74, 6) is 0.387. The maximum atomic E-state index is 14.3. The molecule has 0 N–H and O–H groups in total. The Morgan fingerprint density at radius 2 is 2.22 bits per heavy atom. The van der Waals surface area contributed by atoms with Crippen LogP contribution in [0.25, 0.3) is 0 Å². The van der Waals surface area contributed by atoms with Crippen molar-refractivity contribution in [2.45, 2.75) is 24.8 Å². The average Bonchev–Trinajstić information content (AvgIpc) is 2.74. The maximum Gasteiger partial charge on any atom is 0.235 e. The van der Waals surface area contributed by atoms with Gasteiger partial charge in [-0.2, -0.15) is 4.99 Å². The second kappa shape index (κ2) is 4.07. The fourth-order valence-corrected chi connectivity index (χ4v) is 2.83. The molecule has 4 nitrogen and oxygen atoms in total. The van der Waals surface area contributed by atoms with Crippen LogP contribution in [0.4, 0.5) is 4.39 Å². The van der Waals surface area contributed by atoms with Crippen LogP contribution in [-0.4, -0.2) is 12.9 Å². The second-order valence-corrected chi connectivity index (χ2v) is 5.22. The van der Waals surface area contributed by atoms with E-state index >= 15 is 0 Å². The van der Waals surface area contributed by atoms with Crippen LogP contribution in [0.1, 0.15) is 24.8 Å². The number of hydrogen-bond donors (Lipinski definition) is 0. The predicted octanol–water partition coefficient (Wildman–Crippen LogP) is 3.03. The molecule has 2 aliphatic rings. The number of fused-ring (bicyclic) bond motifs is 1. The van der Waals surface area contributed by atoms with Crippen LogP contribution in [0.5, 0.6) is 11.5 Å². The van der Waals surface area contributed by atoms with E-state index in [1.165, 1.54) is 6.07 Å².